The van der Waals surface area contributed by atoms with Crippen LogP contribution in [0, 0.1) is 12.7 Å². The molecule has 3 heterocycles. The van der Waals surface area contributed by atoms with Gasteiger partial charge in [0, 0.05) is 50.0 Å². The maximum absolute atomic E-state index is 13.3. The molecule has 2 amide bonds. The molecule has 0 saturated carbocycles. The van der Waals surface area contributed by atoms with E-state index < -0.39 is 5.82 Å². The minimum absolute atomic E-state index is 0.0417. The number of anilines is 1. The highest BCUT2D eigenvalue weighted by Crippen LogP contribution is 2.25. The zero-order valence-electron chi connectivity index (χ0n) is 18.9. The molecule has 0 atom stereocenters. The van der Waals surface area contributed by atoms with Crippen molar-refractivity contribution in [1.82, 2.24) is 24.4 Å². The standard InChI is InChI=1S/C24H22ClFN6O2S/c1-15-2-4-16(5-3-15)22-29-32-21(33)13-18(28-24(32)35-22)14-30-8-10-31(11-9-30)23(34)27-17-6-7-20(26)19(25)12-17/h2-7,12-13H,8-11,14H2,1H3,(H,27,34). The Labute approximate surface area is 209 Å². The zero-order valence-corrected chi connectivity index (χ0v) is 20.4. The third-order valence-electron chi connectivity index (χ3n) is 5.81. The summed E-state index contributed by atoms with van der Waals surface area (Å²) in [6.45, 7) is 4.83. The molecule has 0 aliphatic carbocycles. The third-order valence-corrected chi connectivity index (χ3v) is 7.06. The molecule has 1 N–H and O–H groups in total. The van der Waals surface area contributed by atoms with Gasteiger partial charge in [-0.2, -0.15) is 9.61 Å². The Bertz CT molecular complexity index is 1450. The van der Waals surface area contributed by atoms with Crippen LogP contribution in [0.15, 0.2) is 53.3 Å². The molecule has 180 valence electrons. The number of nitrogens with one attached hydrogen (secondary N) is 1. The van der Waals surface area contributed by atoms with Crippen LogP contribution in [0.1, 0.15) is 11.3 Å². The predicted molar refractivity (Wildman–Crippen MR) is 135 cm³/mol. The highest BCUT2D eigenvalue weighted by molar-refractivity contribution is 7.19. The molecule has 1 fully saturated rings. The summed E-state index contributed by atoms with van der Waals surface area (Å²) < 4.78 is 14.7. The van der Waals surface area contributed by atoms with Crippen molar-refractivity contribution >= 4 is 39.6 Å². The van der Waals surface area contributed by atoms with Crippen molar-refractivity contribution in [3.05, 3.63) is 81.0 Å². The topological polar surface area (TPSA) is 82.8 Å². The number of aryl methyl sites for hydroxylation is 1. The lowest BCUT2D eigenvalue weighted by Crippen LogP contribution is -2.49. The van der Waals surface area contributed by atoms with E-state index in [-0.39, 0.29) is 16.6 Å². The van der Waals surface area contributed by atoms with E-state index in [4.69, 9.17) is 11.6 Å². The highest BCUT2D eigenvalue weighted by atomic mass is 35.5. The summed E-state index contributed by atoms with van der Waals surface area (Å²) in [4.78, 5) is 34.3. The molecule has 1 aliphatic rings. The van der Waals surface area contributed by atoms with Crippen LogP contribution in [0.25, 0.3) is 15.5 Å². The monoisotopic (exact) mass is 512 g/mol. The van der Waals surface area contributed by atoms with Crippen LogP contribution in [0.2, 0.25) is 5.02 Å². The number of hydrogen-bond donors (Lipinski definition) is 1. The number of carbonyl (C=O) groups excluding carboxylic acids is 1. The molecule has 0 radical (unpaired) electrons. The summed E-state index contributed by atoms with van der Waals surface area (Å²) >= 11 is 7.17. The van der Waals surface area contributed by atoms with Gasteiger partial charge in [-0.3, -0.25) is 9.69 Å². The number of hydrogen-bond acceptors (Lipinski definition) is 6. The molecular weight excluding hydrogens is 491 g/mol. The first-order chi connectivity index (χ1) is 16.9. The lowest BCUT2D eigenvalue weighted by atomic mass is 10.2. The SMILES string of the molecule is Cc1ccc(-c2nn3c(=O)cc(CN4CCN(C(=O)Nc5ccc(F)c(Cl)c5)CC4)nc3s2)cc1. The fourth-order valence-corrected chi connectivity index (χ4v) is 4.97. The molecule has 0 bridgehead atoms. The normalized spacial score (nSPS) is 14.4. The summed E-state index contributed by atoms with van der Waals surface area (Å²) in [6, 6.07) is 13.3. The van der Waals surface area contributed by atoms with Crippen molar-refractivity contribution in [1.29, 1.82) is 0 Å². The van der Waals surface area contributed by atoms with Crippen molar-refractivity contribution in [2.75, 3.05) is 31.5 Å². The van der Waals surface area contributed by atoms with Gasteiger partial charge in [-0.15, -0.1) is 0 Å². The second-order valence-corrected chi connectivity index (χ2v) is 9.74. The number of piperazine rings is 1. The molecule has 35 heavy (non-hydrogen) atoms. The van der Waals surface area contributed by atoms with Crippen LogP contribution in [-0.4, -0.2) is 56.6 Å². The van der Waals surface area contributed by atoms with E-state index in [9.17, 15) is 14.0 Å². The largest absolute Gasteiger partial charge is 0.322 e. The van der Waals surface area contributed by atoms with Gasteiger partial charge in [0.1, 0.15) is 10.8 Å². The van der Waals surface area contributed by atoms with E-state index in [1.807, 2.05) is 31.2 Å². The van der Waals surface area contributed by atoms with Crippen molar-refractivity contribution in [2.45, 2.75) is 13.5 Å². The molecule has 4 aromatic rings. The van der Waals surface area contributed by atoms with Crippen LogP contribution in [0.3, 0.4) is 0 Å². The molecule has 8 nitrogen and oxygen atoms in total. The maximum Gasteiger partial charge on any atom is 0.321 e. The van der Waals surface area contributed by atoms with Gasteiger partial charge in [0.05, 0.1) is 10.7 Å². The fraction of sp³-hybridized carbons (Fsp3) is 0.250. The summed E-state index contributed by atoms with van der Waals surface area (Å²) in [5, 5.41) is 7.89. The van der Waals surface area contributed by atoms with E-state index in [1.165, 1.54) is 40.1 Å². The number of nitrogens with zero attached hydrogens (tertiary/aromatic N) is 5. The average Bonchev–Trinajstić information content (AvgIpc) is 3.27. The Hall–Kier alpha value is -3.34. The quantitative estimate of drug-likeness (QED) is 0.441. The van der Waals surface area contributed by atoms with Gasteiger partial charge in [-0.1, -0.05) is 52.8 Å². The van der Waals surface area contributed by atoms with E-state index in [2.05, 4.69) is 20.3 Å². The van der Waals surface area contributed by atoms with E-state index >= 15 is 0 Å². The van der Waals surface area contributed by atoms with Gasteiger partial charge < -0.3 is 10.2 Å². The van der Waals surface area contributed by atoms with Crippen molar-refractivity contribution in [3.63, 3.8) is 0 Å². The number of carbonyl (C=O) groups is 1. The summed E-state index contributed by atoms with van der Waals surface area (Å²) in [6.07, 6.45) is 0. The van der Waals surface area contributed by atoms with Gasteiger partial charge in [-0.25, -0.2) is 14.2 Å². The van der Waals surface area contributed by atoms with Gasteiger partial charge in [0.25, 0.3) is 5.56 Å². The van der Waals surface area contributed by atoms with Crippen LogP contribution >= 0.6 is 22.9 Å². The van der Waals surface area contributed by atoms with E-state index in [0.717, 1.165) is 16.1 Å². The van der Waals surface area contributed by atoms with E-state index in [0.29, 0.717) is 49.1 Å². The smallest absolute Gasteiger partial charge is 0.321 e. The van der Waals surface area contributed by atoms with Crippen molar-refractivity contribution in [2.24, 2.45) is 0 Å². The number of fused-ring (bicyclic) bond motifs is 1. The predicted octanol–water partition coefficient (Wildman–Crippen LogP) is 4.27. The molecule has 11 heteroatoms. The lowest BCUT2D eigenvalue weighted by molar-refractivity contribution is 0.142. The molecule has 2 aromatic carbocycles. The molecular formula is C24H22ClFN6O2S. The number of halogens is 2. The Morgan fingerprint density at radius 2 is 1.86 bits per heavy atom. The Balaban J connectivity index is 1.22. The molecule has 1 aliphatic heterocycles. The van der Waals surface area contributed by atoms with Gasteiger partial charge in [0.15, 0.2) is 0 Å². The number of aromatic nitrogens is 3. The van der Waals surface area contributed by atoms with Gasteiger partial charge in [0.2, 0.25) is 4.96 Å². The molecule has 0 unspecified atom stereocenters. The highest BCUT2D eigenvalue weighted by Gasteiger charge is 2.22. The first-order valence-electron chi connectivity index (χ1n) is 11.1. The van der Waals surface area contributed by atoms with Gasteiger partial charge >= 0.3 is 6.03 Å². The average molecular weight is 513 g/mol. The van der Waals surface area contributed by atoms with Gasteiger partial charge in [-0.05, 0) is 25.1 Å². The summed E-state index contributed by atoms with van der Waals surface area (Å²) in [5.74, 6) is -0.533. The van der Waals surface area contributed by atoms with E-state index in [1.54, 1.807) is 4.90 Å². The molecule has 0 spiro atoms. The molecule has 5 rings (SSSR count). The lowest BCUT2D eigenvalue weighted by Gasteiger charge is -2.34. The number of urea groups is 1. The minimum Gasteiger partial charge on any atom is -0.322 e. The number of benzene rings is 2. The van der Waals surface area contributed by atoms with Crippen LogP contribution < -0.4 is 10.9 Å². The second-order valence-electron chi connectivity index (χ2n) is 8.38. The Morgan fingerprint density at radius 1 is 1.11 bits per heavy atom. The van der Waals surface area contributed by atoms with Crippen LogP contribution in [-0.2, 0) is 6.54 Å². The zero-order chi connectivity index (χ0) is 24.5. The van der Waals surface area contributed by atoms with Crippen LogP contribution in [0.4, 0.5) is 14.9 Å². The summed E-state index contributed by atoms with van der Waals surface area (Å²) in [5.41, 5.74) is 3.01. The van der Waals surface area contributed by atoms with Crippen molar-refractivity contribution < 1.29 is 9.18 Å². The Morgan fingerprint density at radius 3 is 2.57 bits per heavy atom. The molecule has 2 aromatic heterocycles. The maximum atomic E-state index is 13.3. The first kappa shape index (κ1) is 23.4. The minimum atomic E-state index is -0.533. The van der Waals surface area contributed by atoms with Crippen molar-refractivity contribution in [3.8, 4) is 10.6 Å². The Kier molecular flexibility index (Phi) is 6.50. The van der Waals surface area contributed by atoms with Crippen LogP contribution in [0.5, 0.6) is 0 Å². The first-order valence-corrected chi connectivity index (χ1v) is 12.3. The number of rotatable bonds is 4. The summed E-state index contributed by atoms with van der Waals surface area (Å²) in [7, 11) is 0. The third kappa shape index (κ3) is 5.19. The molecule has 1 saturated heterocycles. The second kappa shape index (κ2) is 9.73. The number of amides is 2. The fourth-order valence-electron chi connectivity index (χ4n) is 3.86.